The molecule has 0 amide bonds. The molecule has 14 heavy (non-hydrogen) atoms. The molecule has 1 aromatic rings. The number of aromatic nitrogens is 1. The van der Waals surface area contributed by atoms with E-state index in [4.69, 9.17) is 14.9 Å². The van der Waals surface area contributed by atoms with E-state index in [1.807, 2.05) is 0 Å². The van der Waals surface area contributed by atoms with E-state index >= 15 is 0 Å². The molecule has 4 heteroatoms. The second-order valence-electron chi connectivity index (χ2n) is 3.84. The number of hydrogen-bond donors (Lipinski definition) is 1. The van der Waals surface area contributed by atoms with Gasteiger partial charge in [-0.15, -0.1) is 0 Å². The minimum atomic E-state index is -0.0105. The number of nitrogens with two attached hydrogens (primary N) is 1. The van der Waals surface area contributed by atoms with Crippen molar-refractivity contribution in [3.8, 4) is 0 Å². The van der Waals surface area contributed by atoms with Gasteiger partial charge in [-0.3, -0.25) is 0 Å². The van der Waals surface area contributed by atoms with Crippen LogP contribution in [-0.2, 0) is 17.7 Å². The van der Waals surface area contributed by atoms with Crippen molar-refractivity contribution in [2.75, 3.05) is 7.11 Å². The summed E-state index contributed by atoms with van der Waals surface area (Å²) < 4.78 is 10.8. The van der Waals surface area contributed by atoms with Gasteiger partial charge in [-0.25, -0.2) is 4.98 Å². The summed E-state index contributed by atoms with van der Waals surface area (Å²) in [5, 5.41) is 0. The van der Waals surface area contributed by atoms with Crippen LogP contribution in [0.3, 0.4) is 0 Å². The van der Waals surface area contributed by atoms with E-state index in [-0.39, 0.29) is 5.60 Å². The SMILES string of the molecule is COC1(Cc2ocnc2CN)CCC1. The van der Waals surface area contributed by atoms with Crippen molar-refractivity contribution < 1.29 is 9.15 Å². The third-order valence-electron chi connectivity index (χ3n) is 3.10. The zero-order valence-corrected chi connectivity index (χ0v) is 8.45. The van der Waals surface area contributed by atoms with Crippen molar-refractivity contribution in [2.24, 2.45) is 5.73 Å². The highest BCUT2D eigenvalue weighted by molar-refractivity contribution is 5.11. The average molecular weight is 196 g/mol. The second kappa shape index (κ2) is 3.71. The van der Waals surface area contributed by atoms with E-state index in [0.29, 0.717) is 6.54 Å². The molecule has 1 aliphatic rings. The van der Waals surface area contributed by atoms with Crippen LogP contribution < -0.4 is 5.73 Å². The molecule has 1 aromatic heterocycles. The van der Waals surface area contributed by atoms with E-state index in [0.717, 1.165) is 30.7 Å². The van der Waals surface area contributed by atoms with E-state index in [1.165, 1.54) is 12.8 Å². The molecule has 2 rings (SSSR count). The van der Waals surface area contributed by atoms with Crippen molar-refractivity contribution in [2.45, 2.75) is 37.8 Å². The Balaban J connectivity index is 2.09. The largest absolute Gasteiger partial charge is 0.448 e. The normalized spacial score (nSPS) is 19.3. The lowest BCUT2D eigenvalue weighted by molar-refractivity contribution is -0.0739. The van der Waals surface area contributed by atoms with Crippen LogP contribution in [0, 0.1) is 0 Å². The van der Waals surface area contributed by atoms with Gasteiger partial charge < -0.3 is 14.9 Å². The van der Waals surface area contributed by atoms with Gasteiger partial charge in [0, 0.05) is 20.1 Å². The van der Waals surface area contributed by atoms with Crippen molar-refractivity contribution in [1.82, 2.24) is 4.98 Å². The van der Waals surface area contributed by atoms with Gasteiger partial charge in [0.05, 0.1) is 11.3 Å². The molecule has 78 valence electrons. The molecule has 0 radical (unpaired) electrons. The fourth-order valence-electron chi connectivity index (χ4n) is 1.92. The fourth-order valence-corrected chi connectivity index (χ4v) is 1.92. The van der Waals surface area contributed by atoms with E-state index in [2.05, 4.69) is 4.98 Å². The molecule has 0 aliphatic heterocycles. The summed E-state index contributed by atoms with van der Waals surface area (Å²) in [5.74, 6) is 0.883. The highest BCUT2D eigenvalue weighted by Gasteiger charge is 2.38. The Morgan fingerprint density at radius 1 is 1.64 bits per heavy atom. The molecular formula is C10H16N2O2. The van der Waals surface area contributed by atoms with Crippen LogP contribution in [0.5, 0.6) is 0 Å². The minimum Gasteiger partial charge on any atom is -0.448 e. The predicted molar refractivity (Wildman–Crippen MR) is 51.7 cm³/mol. The molecule has 0 bridgehead atoms. The predicted octanol–water partition coefficient (Wildman–Crippen LogP) is 1.24. The molecule has 0 atom stereocenters. The number of ether oxygens (including phenoxy) is 1. The topological polar surface area (TPSA) is 61.3 Å². The summed E-state index contributed by atoms with van der Waals surface area (Å²) >= 11 is 0. The standard InChI is InChI=1S/C10H16N2O2/c1-13-10(3-2-4-10)5-9-8(6-11)12-7-14-9/h7H,2-6,11H2,1H3. The third kappa shape index (κ3) is 1.55. The minimum absolute atomic E-state index is 0.0105. The van der Waals surface area contributed by atoms with Gasteiger partial charge in [-0.2, -0.15) is 0 Å². The molecule has 1 aliphatic carbocycles. The fraction of sp³-hybridized carbons (Fsp3) is 0.700. The lowest BCUT2D eigenvalue weighted by atomic mass is 9.77. The zero-order valence-electron chi connectivity index (χ0n) is 8.45. The molecule has 0 unspecified atom stereocenters. The molecule has 0 aromatic carbocycles. The average Bonchev–Trinajstić information content (AvgIpc) is 2.58. The first-order chi connectivity index (χ1) is 6.79. The van der Waals surface area contributed by atoms with Gasteiger partial charge in [-0.05, 0) is 19.3 Å². The molecule has 0 spiro atoms. The summed E-state index contributed by atoms with van der Waals surface area (Å²) in [6, 6.07) is 0. The van der Waals surface area contributed by atoms with Crippen LogP contribution in [0.2, 0.25) is 0 Å². The maximum absolute atomic E-state index is 5.55. The summed E-state index contributed by atoms with van der Waals surface area (Å²) in [7, 11) is 1.76. The second-order valence-corrected chi connectivity index (χ2v) is 3.84. The van der Waals surface area contributed by atoms with Gasteiger partial charge in [0.1, 0.15) is 5.76 Å². The van der Waals surface area contributed by atoms with E-state index in [1.54, 1.807) is 7.11 Å². The highest BCUT2D eigenvalue weighted by Crippen LogP contribution is 2.38. The Kier molecular flexibility index (Phi) is 2.56. The third-order valence-corrected chi connectivity index (χ3v) is 3.10. The first-order valence-corrected chi connectivity index (χ1v) is 4.96. The van der Waals surface area contributed by atoms with E-state index < -0.39 is 0 Å². The number of rotatable bonds is 4. The van der Waals surface area contributed by atoms with Gasteiger partial charge in [0.2, 0.25) is 0 Å². The number of nitrogens with zero attached hydrogens (tertiary/aromatic N) is 1. The molecular weight excluding hydrogens is 180 g/mol. The van der Waals surface area contributed by atoms with Gasteiger partial charge in [-0.1, -0.05) is 0 Å². The lowest BCUT2D eigenvalue weighted by Gasteiger charge is -2.40. The van der Waals surface area contributed by atoms with Crippen LogP contribution in [0.15, 0.2) is 10.8 Å². The Morgan fingerprint density at radius 2 is 2.43 bits per heavy atom. The van der Waals surface area contributed by atoms with Crippen LogP contribution in [0.1, 0.15) is 30.7 Å². The van der Waals surface area contributed by atoms with Gasteiger partial charge in [0.25, 0.3) is 0 Å². The summed E-state index contributed by atoms with van der Waals surface area (Å²) in [4.78, 5) is 4.06. The van der Waals surface area contributed by atoms with Crippen molar-refractivity contribution in [3.63, 3.8) is 0 Å². The van der Waals surface area contributed by atoms with Crippen molar-refractivity contribution in [1.29, 1.82) is 0 Å². The Bertz CT molecular complexity index is 299. The summed E-state index contributed by atoms with van der Waals surface area (Å²) in [5.41, 5.74) is 6.40. The monoisotopic (exact) mass is 196 g/mol. The van der Waals surface area contributed by atoms with Crippen molar-refractivity contribution in [3.05, 3.63) is 17.8 Å². The quantitative estimate of drug-likeness (QED) is 0.787. The molecule has 4 nitrogen and oxygen atoms in total. The van der Waals surface area contributed by atoms with Crippen LogP contribution in [0.4, 0.5) is 0 Å². The summed E-state index contributed by atoms with van der Waals surface area (Å²) in [6.07, 6.45) is 5.71. The van der Waals surface area contributed by atoms with Crippen LogP contribution in [-0.4, -0.2) is 17.7 Å². The van der Waals surface area contributed by atoms with Crippen molar-refractivity contribution >= 4 is 0 Å². The number of hydrogen-bond acceptors (Lipinski definition) is 4. The smallest absolute Gasteiger partial charge is 0.181 e. The Hall–Kier alpha value is -0.870. The highest BCUT2D eigenvalue weighted by atomic mass is 16.5. The first-order valence-electron chi connectivity index (χ1n) is 4.96. The molecule has 1 fully saturated rings. The number of oxazole rings is 1. The maximum atomic E-state index is 5.55. The van der Waals surface area contributed by atoms with E-state index in [9.17, 15) is 0 Å². The summed E-state index contributed by atoms with van der Waals surface area (Å²) in [6.45, 7) is 0.436. The Labute approximate surface area is 83.4 Å². The Morgan fingerprint density at radius 3 is 2.93 bits per heavy atom. The van der Waals surface area contributed by atoms with Crippen LogP contribution in [0.25, 0.3) is 0 Å². The maximum Gasteiger partial charge on any atom is 0.181 e. The lowest BCUT2D eigenvalue weighted by Crippen LogP contribution is -2.41. The first kappa shape index (κ1) is 9.68. The van der Waals surface area contributed by atoms with Gasteiger partial charge >= 0.3 is 0 Å². The van der Waals surface area contributed by atoms with Gasteiger partial charge in [0.15, 0.2) is 6.39 Å². The van der Waals surface area contributed by atoms with Crippen LogP contribution >= 0.6 is 0 Å². The zero-order chi connectivity index (χ0) is 10.0. The molecule has 2 N–H and O–H groups in total. The number of methoxy groups -OCH3 is 1. The molecule has 0 saturated heterocycles. The molecule has 1 saturated carbocycles. The molecule has 1 heterocycles.